The van der Waals surface area contributed by atoms with E-state index in [2.05, 4.69) is 58.7 Å². The van der Waals surface area contributed by atoms with Gasteiger partial charge in [0, 0.05) is 39.3 Å². The average molecular weight is 378 g/mol. The minimum Gasteiger partial charge on any atom is -0.353 e. The third-order valence-electron chi connectivity index (χ3n) is 5.49. The van der Waals surface area contributed by atoms with Crippen molar-refractivity contribution in [2.75, 3.05) is 45.8 Å². The van der Waals surface area contributed by atoms with Crippen LogP contribution in [-0.4, -0.2) is 72.5 Å². The summed E-state index contributed by atoms with van der Waals surface area (Å²) in [6, 6.07) is 21.2. The van der Waals surface area contributed by atoms with E-state index in [4.69, 9.17) is 0 Å². The fourth-order valence-corrected chi connectivity index (χ4v) is 4.06. The maximum Gasteiger partial charge on any atom is 0.320 e. The van der Waals surface area contributed by atoms with Gasteiger partial charge in [-0.2, -0.15) is 0 Å². The van der Waals surface area contributed by atoms with Crippen molar-refractivity contribution in [1.29, 1.82) is 0 Å². The molecule has 3 amide bonds. The second-order valence-corrected chi connectivity index (χ2v) is 7.30. The summed E-state index contributed by atoms with van der Waals surface area (Å²) in [7, 11) is 0. The SMILES string of the molecule is O=C1CN(C(=O)N2CCN(C(c3ccccc3)c3ccccc3)CC2)CCN1. The lowest BCUT2D eigenvalue weighted by Gasteiger charge is -2.41. The first-order valence-corrected chi connectivity index (χ1v) is 9.87. The van der Waals surface area contributed by atoms with E-state index >= 15 is 0 Å². The highest BCUT2D eigenvalue weighted by atomic mass is 16.2. The number of carbonyl (C=O) groups excluding carboxylic acids is 2. The van der Waals surface area contributed by atoms with E-state index in [0.717, 1.165) is 13.1 Å². The number of nitrogens with zero attached hydrogens (tertiary/aromatic N) is 3. The van der Waals surface area contributed by atoms with Gasteiger partial charge in [0.1, 0.15) is 6.54 Å². The molecule has 146 valence electrons. The Labute approximate surface area is 165 Å². The van der Waals surface area contributed by atoms with Gasteiger partial charge in [-0.1, -0.05) is 60.7 Å². The van der Waals surface area contributed by atoms with E-state index in [1.54, 1.807) is 4.90 Å². The maximum atomic E-state index is 12.8. The van der Waals surface area contributed by atoms with E-state index in [-0.39, 0.29) is 24.5 Å². The first kappa shape index (κ1) is 18.5. The zero-order chi connectivity index (χ0) is 19.3. The van der Waals surface area contributed by atoms with Crippen molar-refractivity contribution in [2.24, 2.45) is 0 Å². The number of hydrogen-bond donors (Lipinski definition) is 1. The minimum absolute atomic E-state index is 0.0227. The molecule has 2 aromatic carbocycles. The largest absolute Gasteiger partial charge is 0.353 e. The van der Waals surface area contributed by atoms with Gasteiger partial charge in [-0.05, 0) is 11.1 Å². The van der Waals surface area contributed by atoms with Crippen molar-refractivity contribution in [3.8, 4) is 0 Å². The average Bonchev–Trinajstić information content (AvgIpc) is 2.75. The standard InChI is InChI=1S/C22H26N4O2/c27-20-17-26(12-11-23-20)22(28)25-15-13-24(14-16-25)21(18-7-3-1-4-8-18)19-9-5-2-6-10-19/h1-10,21H,11-17H2,(H,23,27). The molecule has 0 aliphatic carbocycles. The lowest BCUT2D eigenvalue weighted by molar-refractivity contribution is -0.123. The molecule has 0 radical (unpaired) electrons. The summed E-state index contributed by atoms with van der Waals surface area (Å²) in [5, 5.41) is 2.77. The Morgan fingerprint density at radius 1 is 0.786 bits per heavy atom. The molecule has 0 aromatic heterocycles. The summed E-state index contributed by atoms with van der Waals surface area (Å²) in [5.41, 5.74) is 2.53. The van der Waals surface area contributed by atoms with Gasteiger partial charge in [0.2, 0.25) is 5.91 Å². The molecule has 0 spiro atoms. The molecule has 28 heavy (non-hydrogen) atoms. The molecule has 2 saturated heterocycles. The van der Waals surface area contributed by atoms with Gasteiger partial charge < -0.3 is 15.1 Å². The second kappa shape index (κ2) is 8.44. The Kier molecular flexibility index (Phi) is 5.58. The van der Waals surface area contributed by atoms with Crippen LogP contribution in [0.15, 0.2) is 60.7 Å². The Morgan fingerprint density at radius 2 is 1.36 bits per heavy atom. The van der Waals surface area contributed by atoms with E-state index in [1.165, 1.54) is 11.1 Å². The summed E-state index contributed by atoms with van der Waals surface area (Å²) in [5.74, 6) is -0.0774. The molecule has 2 aromatic rings. The predicted octanol–water partition coefficient (Wildman–Crippen LogP) is 1.95. The Bertz CT molecular complexity index is 764. The van der Waals surface area contributed by atoms with Gasteiger partial charge in [0.05, 0.1) is 6.04 Å². The van der Waals surface area contributed by atoms with Gasteiger partial charge in [-0.15, -0.1) is 0 Å². The molecule has 6 nitrogen and oxygen atoms in total. The summed E-state index contributed by atoms with van der Waals surface area (Å²) in [6.45, 7) is 4.24. The highest BCUT2D eigenvalue weighted by Crippen LogP contribution is 2.29. The van der Waals surface area contributed by atoms with E-state index in [9.17, 15) is 9.59 Å². The van der Waals surface area contributed by atoms with E-state index in [0.29, 0.717) is 26.2 Å². The summed E-state index contributed by atoms with van der Waals surface area (Å²) in [4.78, 5) is 30.3. The molecule has 2 aliphatic heterocycles. The Morgan fingerprint density at radius 3 is 1.89 bits per heavy atom. The van der Waals surface area contributed by atoms with Crippen LogP contribution >= 0.6 is 0 Å². The number of rotatable bonds is 3. The molecule has 2 heterocycles. The molecule has 0 bridgehead atoms. The molecule has 4 rings (SSSR count). The third-order valence-corrected chi connectivity index (χ3v) is 5.49. The molecule has 6 heteroatoms. The first-order valence-electron chi connectivity index (χ1n) is 9.87. The Balaban J connectivity index is 1.46. The summed E-state index contributed by atoms with van der Waals surface area (Å²) >= 11 is 0. The normalized spacial score (nSPS) is 18.2. The Hall–Kier alpha value is -2.86. The van der Waals surface area contributed by atoms with Gasteiger partial charge in [-0.3, -0.25) is 9.69 Å². The van der Waals surface area contributed by atoms with Crippen molar-refractivity contribution >= 4 is 11.9 Å². The fraction of sp³-hybridized carbons (Fsp3) is 0.364. The third kappa shape index (κ3) is 4.02. The van der Waals surface area contributed by atoms with Crippen LogP contribution < -0.4 is 5.32 Å². The number of nitrogens with one attached hydrogen (secondary N) is 1. The fourth-order valence-electron chi connectivity index (χ4n) is 4.06. The number of hydrogen-bond acceptors (Lipinski definition) is 3. The van der Waals surface area contributed by atoms with Crippen LogP contribution in [0.4, 0.5) is 4.79 Å². The van der Waals surface area contributed by atoms with Crippen LogP contribution in [0.5, 0.6) is 0 Å². The number of piperazine rings is 2. The summed E-state index contributed by atoms with van der Waals surface area (Å²) in [6.07, 6.45) is 0. The number of urea groups is 1. The van der Waals surface area contributed by atoms with E-state index in [1.807, 2.05) is 17.0 Å². The molecular weight excluding hydrogens is 352 g/mol. The number of carbonyl (C=O) groups is 2. The van der Waals surface area contributed by atoms with Gasteiger partial charge in [0.25, 0.3) is 0 Å². The number of amides is 3. The topological polar surface area (TPSA) is 55.9 Å². The van der Waals surface area contributed by atoms with Crippen LogP contribution in [0, 0.1) is 0 Å². The summed E-state index contributed by atoms with van der Waals surface area (Å²) < 4.78 is 0. The molecule has 0 atom stereocenters. The van der Waals surface area contributed by atoms with Gasteiger partial charge in [-0.25, -0.2) is 4.79 Å². The molecular formula is C22H26N4O2. The molecule has 0 saturated carbocycles. The van der Waals surface area contributed by atoms with Crippen molar-refractivity contribution in [2.45, 2.75) is 6.04 Å². The van der Waals surface area contributed by atoms with Gasteiger partial charge in [0.15, 0.2) is 0 Å². The first-order chi connectivity index (χ1) is 13.7. The van der Waals surface area contributed by atoms with E-state index < -0.39 is 0 Å². The van der Waals surface area contributed by atoms with Crippen molar-refractivity contribution in [3.05, 3.63) is 71.8 Å². The molecule has 2 fully saturated rings. The predicted molar refractivity (Wildman–Crippen MR) is 108 cm³/mol. The minimum atomic E-state index is -0.0774. The smallest absolute Gasteiger partial charge is 0.320 e. The second-order valence-electron chi connectivity index (χ2n) is 7.30. The van der Waals surface area contributed by atoms with Crippen LogP contribution in [0.2, 0.25) is 0 Å². The van der Waals surface area contributed by atoms with Crippen molar-refractivity contribution in [1.82, 2.24) is 20.0 Å². The highest BCUT2D eigenvalue weighted by Gasteiger charge is 2.31. The zero-order valence-corrected chi connectivity index (χ0v) is 16.0. The zero-order valence-electron chi connectivity index (χ0n) is 16.0. The highest BCUT2D eigenvalue weighted by molar-refractivity contribution is 5.85. The van der Waals surface area contributed by atoms with Crippen LogP contribution in [0.25, 0.3) is 0 Å². The maximum absolute atomic E-state index is 12.8. The van der Waals surface area contributed by atoms with Gasteiger partial charge >= 0.3 is 6.03 Å². The molecule has 0 unspecified atom stereocenters. The van der Waals surface area contributed by atoms with Crippen LogP contribution in [0.1, 0.15) is 17.2 Å². The molecule has 2 aliphatic rings. The lowest BCUT2D eigenvalue weighted by atomic mass is 9.96. The van der Waals surface area contributed by atoms with Crippen LogP contribution in [0.3, 0.4) is 0 Å². The quantitative estimate of drug-likeness (QED) is 0.888. The number of benzene rings is 2. The monoisotopic (exact) mass is 378 g/mol. The van der Waals surface area contributed by atoms with Crippen molar-refractivity contribution in [3.63, 3.8) is 0 Å². The van der Waals surface area contributed by atoms with Crippen LogP contribution in [-0.2, 0) is 4.79 Å². The van der Waals surface area contributed by atoms with Crippen molar-refractivity contribution < 1.29 is 9.59 Å². The lowest BCUT2D eigenvalue weighted by Crippen LogP contribution is -2.57. The molecule has 1 N–H and O–H groups in total.